The van der Waals surface area contributed by atoms with E-state index in [1.165, 1.54) is 37.4 Å². The van der Waals surface area contributed by atoms with E-state index in [-0.39, 0.29) is 28.4 Å². The molecule has 0 saturated carbocycles. The second-order valence-electron chi connectivity index (χ2n) is 5.13. The van der Waals surface area contributed by atoms with Crippen LogP contribution in [0.5, 0.6) is 0 Å². The van der Waals surface area contributed by atoms with E-state index in [2.05, 4.69) is 15.0 Å². The van der Waals surface area contributed by atoms with E-state index < -0.39 is 22.2 Å². The number of allylic oxidation sites excluding steroid dienone is 2. The summed E-state index contributed by atoms with van der Waals surface area (Å²) in [4.78, 5) is 42.0. The molecule has 0 fully saturated rings. The minimum absolute atomic E-state index is 0.00193. The molecule has 0 amide bonds. The SMILES string of the molecule is COC1=C(N=[N+]=[N-])C(=O)c2nc(-c3cccc([N+](=O)[O-])c3)ccc2C1=O. The van der Waals surface area contributed by atoms with Crippen LogP contribution in [0, 0.1) is 10.1 Å². The summed E-state index contributed by atoms with van der Waals surface area (Å²) in [5.41, 5.74) is 8.45. The fraction of sp³-hybridized carbons (Fsp3) is 0.0625. The number of rotatable bonds is 4. The van der Waals surface area contributed by atoms with Crippen molar-refractivity contribution in [3.8, 4) is 11.3 Å². The van der Waals surface area contributed by atoms with Crippen LogP contribution in [-0.2, 0) is 4.74 Å². The van der Waals surface area contributed by atoms with E-state index in [1.807, 2.05) is 0 Å². The number of nitrogens with zero attached hydrogens (tertiary/aromatic N) is 5. The van der Waals surface area contributed by atoms with Gasteiger partial charge in [-0.25, -0.2) is 4.98 Å². The van der Waals surface area contributed by atoms with Crippen LogP contribution in [0.25, 0.3) is 21.7 Å². The van der Waals surface area contributed by atoms with Crippen molar-refractivity contribution in [1.82, 2.24) is 4.98 Å². The summed E-state index contributed by atoms with van der Waals surface area (Å²) < 4.78 is 4.89. The number of nitro groups is 1. The number of methoxy groups -OCH3 is 1. The highest BCUT2D eigenvalue weighted by Crippen LogP contribution is 2.30. The van der Waals surface area contributed by atoms with Crippen LogP contribution < -0.4 is 0 Å². The Balaban J connectivity index is 2.16. The fourth-order valence-corrected chi connectivity index (χ4v) is 2.53. The van der Waals surface area contributed by atoms with E-state index in [0.29, 0.717) is 5.56 Å². The van der Waals surface area contributed by atoms with Crippen molar-refractivity contribution < 1.29 is 19.2 Å². The van der Waals surface area contributed by atoms with Gasteiger partial charge in [-0.05, 0) is 17.7 Å². The third-order valence-electron chi connectivity index (χ3n) is 3.69. The highest BCUT2D eigenvalue weighted by atomic mass is 16.6. The van der Waals surface area contributed by atoms with E-state index in [9.17, 15) is 19.7 Å². The molecule has 0 N–H and O–H groups in total. The number of pyridine rings is 1. The number of hydrogen-bond acceptors (Lipinski definition) is 7. The van der Waals surface area contributed by atoms with Crippen molar-refractivity contribution in [2.75, 3.05) is 7.11 Å². The molecule has 3 rings (SSSR count). The summed E-state index contributed by atoms with van der Waals surface area (Å²) in [7, 11) is 1.18. The number of azide groups is 1. The Morgan fingerprint density at radius 2 is 2.00 bits per heavy atom. The van der Waals surface area contributed by atoms with Crippen LogP contribution in [0.1, 0.15) is 20.8 Å². The smallest absolute Gasteiger partial charge is 0.270 e. The van der Waals surface area contributed by atoms with Gasteiger partial charge in [0, 0.05) is 22.6 Å². The number of carbonyl (C=O) groups excluding carboxylic acids is 2. The highest BCUT2D eigenvalue weighted by molar-refractivity contribution is 6.25. The van der Waals surface area contributed by atoms with Crippen LogP contribution in [0.4, 0.5) is 5.69 Å². The Morgan fingerprint density at radius 1 is 1.23 bits per heavy atom. The number of aromatic nitrogens is 1. The average molecular weight is 351 g/mol. The predicted molar refractivity (Wildman–Crippen MR) is 88.2 cm³/mol. The lowest BCUT2D eigenvalue weighted by Crippen LogP contribution is -2.23. The second-order valence-corrected chi connectivity index (χ2v) is 5.13. The van der Waals surface area contributed by atoms with Crippen LogP contribution in [0.3, 0.4) is 0 Å². The zero-order valence-electron chi connectivity index (χ0n) is 13.2. The van der Waals surface area contributed by atoms with Gasteiger partial charge in [0.2, 0.25) is 11.6 Å². The number of hydrogen-bond donors (Lipinski definition) is 0. The lowest BCUT2D eigenvalue weighted by atomic mass is 9.95. The van der Waals surface area contributed by atoms with Gasteiger partial charge < -0.3 is 4.74 Å². The molecular formula is C16H9N5O5. The molecule has 0 saturated heterocycles. The monoisotopic (exact) mass is 351 g/mol. The molecule has 1 aromatic heterocycles. The van der Waals surface area contributed by atoms with Crippen molar-refractivity contribution >= 4 is 17.3 Å². The summed E-state index contributed by atoms with van der Waals surface area (Å²) >= 11 is 0. The Morgan fingerprint density at radius 3 is 2.65 bits per heavy atom. The molecule has 0 spiro atoms. The lowest BCUT2D eigenvalue weighted by molar-refractivity contribution is -0.384. The zero-order valence-corrected chi connectivity index (χ0v) is 13.2. The van der Waals surface area contributed by atoms with Crippen LogP contribution >= 0.6 is 0 Å². The first-order chi connectivity index (χ1) is 12.5. The topological polar surface area (TPSA) is 148 Å². The van der Waals surface area contributed by atoms with E-state index in [1.54, 1.807) is 6.07 Å². The maximum Gasteiger partial charge on any atom is 0.270 e. The Hall–Kier alpha value is -4.04. The Kier molecular flexibility index (Phi) is 4.17. The van der Waals surface area contributed by atoms with Gasteiger partial charge in [0.05, 0.1) is 23.3 Å². The molecule has 0 radical (unpaired) electrons. The van der Waals surface area contributed by atoms with Crippen molar-refractivity contribution in [1.29, 1.82) is 0 Å². The first-order valence-electron chi connectivity index (χ1n) is 7.16. The zero-order chi connectivity index (χ0) is 18.8. The maximum atomic E-state index is 12.6. The molecule has 0 unspecified atom stereocenters. The third kappa shape index (κ3) is 2.66. The number of Topliss-reactive ketones (excluding diaryl/α,β-unsaturated/α-hetero) is 2. The average Bonchev–Trinajstić information content (AvgIpc) is 2.66. The van der Waals surface area contributed by atoms with Crippen molar-refractivity contribution in [3.63, 3.8) is 0 Å². The molecule has 2 aromatic rings. The molecule has 1 aliphatic carbocycles. The number of ketones is 2. The van der Waals surface area contributed by atoms with Crippen LogP contribution in [0.15, 0.2) is 53.0 Å². The Bertz CT molecular complexity index is 1050. The van der Waals surface area contributed by atoms with E-state index >= 15 is 0 Å². The molecule has 1 heterocycles. The molecule has 10 heteroatoms. The molecule has 0 aliphatic heterocycles. The second kappa shape index (κ2) is 6.46. The molecule has 0 bridgehead atoms. The molecular weight excluding hydrogens is 342 g/mol. The largest absolute Gasteiger partial charge is 0.492 e. The number of carbonyl (C=O) groups is 2. The summed E-state index contributed by atoms with van der Waals surface area (Å²) in [6, 6.07) is 8.54. The van der Waals surface area contributed by atoms with Crippen LogP contribution in [0.2, 0.25) is 0 Å². The molecule has 128 valence electrons. The lowest BCUT2D eigenvalue weighted by Gasteiger charge is -2.17. The number of ether oxygens (including phenoxy) is 1. The molecule has 10 nitrogen and oxygen atoms in total. The first-order valence-corrected chi connectivity index (χ1v) is 7.16. The molecule has 0 atom stereocenters. The van der Waals surface area contributed by atoms with E-state index in [4.69, 9.17) is 10.3 Å². The first kappa shape index (κ1) is 16.8. The third-order valence-corrected chi connectivity index (χ3v) is 3.69. The quantitative estimate of drug-likeness (QED) is 0.271. The van der Waals surface area contributed by atoms with Gasteiger partial charge in [-0.15, -0.1) is 0 Å². The van der Waals surface area contributed by atoms with E-state index in [0.717, 1.165) is 0 Å². The van der Waals surface area contributed by atoms with Gasteiger partial charge in [-0.1, -0.05) is 17.2 Å². The number of benzene rings is 1. The van der Waals surface area contributed by atoms with Crippen LogP contribution in [-0.4, -0.2) is 28.6 Å². The number of nitro benzene ring substituents is 1. The van der Waals surface area contributed by atoms with Crippen molar-refractivity contribution in [3.05, 3.63) is 79.7 Å². The number of non-ortho nitro benzene ring substituents is 1. The summed E-state index contributed by atoms with van der Waals surface area (Å²) in [6.45, 7) is 0. The summed E-state index contributed by atoms with van der Waals surface area (Å²) in [5.74, 6) is -1.76. The summed E-state index contributed by atoms with van der Waals surface area (Å²) in [6.07, 6.45) is 0. The molecule has 1 aliphatic rings. The van der Waals surface area contributed by atoms with Gasteiger partial charge in [0.1, 0.15) is 11.4 Å². The maximum absolute atomic E-state index is 12.6. The number of fused-ring (bicyclic) bond motifs is 1. The predicted octanol–water partition coefficient (Wildman–Crippen LogP) is 3.20. The standard InChI is InChI=1S/C16H9N5O5/c1-26-16-13(19-20-17)15(23)12-10(14(16)22)5-6-11(18-12)8-3-2-4-9(7-8)21(24)25/h2-7H,1H3. The van der Waals surface area contributed by atoms with Gasteiger partial charge in [0.15, 0.2) is 5.76 Å². The minimum atomic E-state index is -0.762. The molecule has 1 aromatic carbocycles. The van der Waals surface area contributed by atoms with Gasteiger partial charge >= 0.3 is 0 Å². The fourth-order valence-electron chi connectivity index (χ4n) is 2.53. The highest BCUT2D eigenvalue weighted by Gasteiger charge is 2.34. The summed E-state index contributed by atoms with van der Waals surface area (Å²) in [5, 5.41) is 14.2. The minimum Gasteiger partial charge on any atom is -0.492 e. The molecule has 26 heavy (non-hydrogen) atoms. The van der Waals surface area contributed by atoms with Gasteiger partial charge in [-0.2, -0.15) is 0 Å². The Labute approximate surface area is 145 Å². The normalized spacial score (nSPS) is 13.1. The van der Waals surface area contributed by atoms with Crippen molar-refractivity contribution in [2.24, 2.45) is 5.11 Å². The van der Waals surface area contributed by atoms with Gasteiger partial charge in [0.25, 0.3) is 5.69 Å². The van der Waals surface area contributed by atoms with Gasteiger partial charge in [-0.3, -0.25) is 19.7 Å². The van der Waals surface area contributed by atoms with Crippen molar-refractivity contribution in [2.45, 2.75) is 0 Å².